The van der Waals surface area contributed by atoms with Crippen LogP contribution in [0.5, 0.6) is 0 Å². The van der Waals surface area contributed by atoms with Gasteiger partial charge in [-0.05, 0) is 38.0 Å². The van der Waals surface area contributed by atoms with E-state index < -0.39 is 24.0 Å². The van der Waals surface area contributed by atoms with Crippen LogP contribution in [0.2, 0.25) is 0 Å². The first kappa shape index (κ1) is 16.3. The van der Waals surface area contributed by atoms with E-state index in [0.29, 0.717) is 4.47 Å². The van der Waals surface area contributed by atoms with Crippen molar-refractivity contribution in [3.8, 4) is 0 Å². The van der Waals surface area contributed by atoms with E-state index >= 15 is 0 Å². The highest BCUT2D eigenvalue weighted by atomic mass is 79.9. The molecule has 22 heavy (non-hydrogen) atoms. The van der Waals surface area contributed by atoms with E-state index in [4.69, 9.17) is 10.5 Å². The monoisotopic (exact) mass is 369 g/mol. The molecule has 8 heteroatoms. The summed E-state index contributed by atoms with van der Waals surface area (Å²) >= 11 is 3.23. The molecule has 4 N–H and O–H groups in total. The third-order valence-electron chi connectivity index (χ3n) is 3.04. The number of rotatable bonds is 4. The van der Waals surface area contributed by atoms with Crippen LogP contribution in [-0.4, -0.2) is 30.1 Å². The average molecular weight is 370 g/mol. The Balaban J connectivity index is 1.90. The van der Waals surface area contributed by atoms with Gasteiger partial charge in [-0.1, -0.05) is 15.9 Å². The number of hydrogen-bond donors (Lipinski definition) is 3. The molecule has 1 aliphatic rings. The number of ether oxygens (including phenoxy) is 1. The zero-order valence-corrected chi connectivity index (χ0v) is 13.5. The van der Waals surface area contributed by atoms with Gasteiger partial charge >= 0.3 is 12.0 Å². The molecular formula is C14H16BrN3O4. The van der Waals surface area contributed by atoms with Gasteiger partial charge in [-0.15, -0.1) is 0 Å². The van der Waals surface area contributed by atoms with Crippen molar-refractivity contribution in [3.05, 3.63) is 28.2 Å². The molecule has 2 rings (SSSR count). The number of nitrogens with two attached hydrogens (primary N) is 1. The maximum atomic E-state index is 12.0. The lowest BCUT2D eigenvalue weighted by molar-refractivity contribution is -0.127. The number of hydrogen-bond acceptors (Lipinski definition) is 5. The number of carbonyl (C=O) groups excluding carboxylic acids is 3. The fourth-order valence-electron chi connectivity index (χ4n) is 1.65. The van der Waals surface area contributed by atoms with Gasteiger partial charge in [0.2, 0.25) is 0 Å². The van der Waals surface area contributed by atoms with Crippen molar-refractivity contribution < 1.29 is 19.1 Å². The molecule has 118 valence electrons. The molecule has 1 fully saturated rings. The minimum absolute atomic E-state index is 0.132. The van der Waals surface area contributed by atoms with E-state index in [2.05, 4.69) is 26.6 Å². The Labute approximate surface area is 135 Å². The van der Waals surface area contributed by atoms with Gasteiger partial charge in [0.25, 0.3) is 5.91 Å². The second-order valence-corrected chi connectivity index (χ2v) is 5.93. The van der Waals surface area contributed by atoms with Gasteiger partial charge in [0.1, 0.15) is 0 Å². The topological polar surface area (TPSA) is 111 Å². The highest BCUT2D eigenvalue weighted by Crippen LogP contribution is 2.20. The van der Waals surface area contributed by atoms with Crippen molar-refractivity contribution in [1.82, 2.24) is 10.6 Å². The quantitative estimate of drug-likeness (QED) is 0.550. The first-order valence-corrected chi connectivity index (χ1v) is 7.53. The SMILES string of the molecule is CC(OC(=O)c1cc(Br)ccc1N)C(=O)NC(=O)NC1CC1. The minimum Gasteiger partial charge on any atom is -0.449 e. The van der Waals surface area contributed by atoms with Crippen LogP contribution in [0.25, 0.3) is 0 Å². The molecule has 0 bridgehead atoms. The molecule has 0 aromatic heterocycles. The highest BCUT2D eigenvalue weighted by Gasteiger charge is 2.26. The molecule has 0 aliphatic heterocycles. The fraction of sp³-hybridized carbons (Fsp3) is 0.357. The number of nitrogen functional groups attached to an aromatic ring is 1. The molecule has 1 atom stereocenters. The van der Waals surface area contributed by atoms with Crippen molar-refractivity contribution in [2.75, 3.05) is 5.73 Å². The average Bonchev–Trinajstić information content (AvgIpc) is 3.24. The Bertz CT molecular complexity index is 616. The summed E-state index contributed by atoms with van der Waals surface area (Å²) in [6.07, 6.45) is 0.707. The van der Waals surface area contributed by atoms with Crippen molar-refractivity contribution in [2.45, 2.75) is 31.9 Å². The van der Waals surface area contributed by atoms with Crippen molar-refractivity contribution in [2.24, 2.45) is 0 Å². The molecule has 1 aromatic rings. The van der Waals surface area contributed by atoms with Gasteiger partial charge in [-0.25, -0.2) is 9.59 Å². The highest BCUT2D eigenvalue weighted by molar-refractivity contribution is 9.10. The number of urea groups is 1. The third-order valence-corrected chi connectivity index (χ3v) is 3.53. The number of imide groups is 1. The van der Waals surface area contributed by atoms with E-state index in [-0.39, 0.29) is 17.3 Å². The molecule has 1 aliphatic carbocycles. The minimum atomic E-state index is -1.11. The number of amides is 3. The number of halogens is 1. The smallest absolute Gasteiger partial charge is 0.341 e. The van der Waals surface area contributed by atoms with Gasteiger partial charge in [0.05, 0.1) is 5.56 Å². The summed E-state index contributed by atoms with van der Waals surface area (Å²) in [6, 6.07) is 4.28. The lowest BCUT2D eigenvalue weighted by Crippen LogP contribution is -2.45. The fourth-order valence-corrected chi connectivity index (χ4v) is 2.01. The summed E-state index contributed by atoms with van der Waals surface area (Å²) in [5.41, 5.74) is 6.09. The second kappa shape index (κ2) is 6.78. The van der Waals surface area contributed by atoms with Crippen molar-refractivity contribution in [1.29, 1.82) is 0 Å². The number of carbonyl (C=O) groups is 3. The van der Waals surface area contributed by atoms with E-state index in [9.17, 15) is 14.4 Å². The Hall–Kier alpha value is -2.09. The predicted octanol–water partition coefficient (Wildman–Crippen LogP) is 1.56. The Morgan fingerprint density at radius 3 is 2.68 bits per heavy atom. The zero-order valence-electron chi connectivity index (χ0n) is 11.9. The van der Waals surface area contributed by atoms with E-state index in [1.165, 1.54) is 13.0 Å². The molecule has 1 saturated carbocycles. The van der Waals surface area contributed by atoms with Crippen LogP contribution in [0.15, 0.2) is 22.7 Å². The van der Waals surface area contributed by atoms with E-state index in [0.717, 1.165) is 12.8 Å². The summed E-state index contributed by atoms with van der Waals surface area (Å²) in [7, 11) is 0. The number of anilines is 1. The van der Waals surface area contributed by atoms with Crippen LogP contribution in [0.3, 0.4) is 0 Å². The molecule has 0 spiro atoms. The first-order chi connectivity index (χ1) is 10.4. The number of nitrogens with one attached hydrogen (secondary N) is 2. The zero-order chi connectivity index (χ0) is 16.3. The summed E-state index contributed by atoms with van der Waals surface area (Å²) in [6.45, 7) is 1.38. The predicted molar refractivity (Wildman–Crippen MR) is 83.1 cm³/mol. The normalized spacial score (nSPS) is 14.8. The maximum Gasteiger partial charge on any atom is 0.341 e. The van der Waals surface area contributed by atoms with Crippen molar-refractivity contribution >= 4 is 39.5 Å². The lowest BCUT2D eigenvalue weighted by Gasteiger charge is -2.14. The van der Waals surface area contributed by atoms with Gasteiger partial charge in [0, 0.05) is 16.2 Å². The van der Waals surface area contributed by atoms with Crippen LogP contribution >= 0.6 is 15.9 Å². The summed E-state index contributed by atoms with van der Waals surface area (Å²) in [4.78, 5) is 35.2. The van der Waals surface area contributed by atoms with Gasteiger partial charge in [-0.2, -0.15) is 0 Å². The number of esters is 1. The standard InChI is InChI=1S/C14H16BrN3O4/c1-7(12(19)18-14(21)17-9-3-4-9)22-13(20)10-6-8(15)2-5-11(10)16/h2,5-7,9H,3-4,16H2,1H3,(H2,17,18,19,21). The van der Waals surface area contributed by atoms with Gasteiger partial charge < -0.3 is 15.8 Å². The van der Waals surface area contributed by atoms with E-state index in [1.807, 2.05) is 0 Å². The number of benzene rings is 1. The Morgan fingerprint density at radius 2 is 2.05 bits per heavy atom. The summed E-state index contributed by atoms with van der Waals surface area (Å²) < 4.78 is 5.69. The van der Waals surface area contributed by atoms with Crippen molar-refractivity contribution in [3.63, 3.8) is 0 Å². The molecular weight excluding hydrogens is 354 g/mol. The second-order valence-electron chi connectivity index (χ2n) is 5.02. The molecule has 0 saturated heterocycles. The molecule has 3 amide bonds. The van der Waals surface area contributed by atoms with Crippen LogP contribution in [-0.2, 0) is 9.53 Å². The summed E-state index contributed by atoms with van der Waals surface area (Å²) in [5.74, 6) is -1.43. The first-order valence-electron chi connectivity index (χ1n) is 6.74. The third kappa shape index (κ3) is 4.45. The van der Waals surface area contributed by atoms with Crippen LogP contribution in [0, 0.1) is 0 Å². The van der Waals surface area contributed by atoms with Gasteiger partial charge in [-0.3, -0.25) is 10.1 Å². The lowest BCUT2D eigenvalue weighted by atomic mass is 10.2. The Morgan fingerprint density at radius 1 is 1.36 bits per heavy atom. The molecule has 1 aromatic carbocycles. The Kier molecular flexibility index (Phi) is 5.02. The molecule has 0 radical (unpaired) electrons. The largest absolute Gasteiger partial charge is 0.449 e. The summed E-state index contributed by atoms with van der Waals surface area (Å²) in [5, 5.41) is 4.73. The molecule has 7 nitrogen and oxygen atoms in total. The molecule has 1 unspecified atom stereocenters. The van der Waals surface area contributed by atoms with Gasteiger partial charge in [0.15, 0.2) is 6.10 Å². The van der Waals surface area contributed by atoms with Crippen LogP contribution in [0.4, 0.5) is 10.5 Å². The van der Waals surface area contributed by atoms with Crippen LogP contribution < -0.4 is 16.4 Å². The molecule has 0 heterocycles. The van der Waals surface area contributed by atoms with Crippen LogP contribution in [0.1, 0.15) is 30.1 Å². The maximum absolute atomic E-state index is 12.0. The van der Waals surface area contributed by atoms with E-state index in [1.54, 1.807) is 12.1 Å².